The van der Waals surface area contributed by atoms with Crippen molar-refractivity contribution in [1.29, 1.82) is 0 Å². The van der Waals surface area contributed by atoms with Crippen LogP contribution in [0.3, 0.4) is 0 Å². The first-order valence-corrected chi connectivity index (χ1v) is 9.28. The molecule has 1 saturated carbocycles. The Morgan fingerprint density at radius 3 is 2.37 bits per heavy atom. The van der Waals surface area contributed by atoms with Crippen LogP contribution in [0.5, 0.6) is 0 Å². The molecule has 8 heteroatoms. The van der Waals surface area contributed by atoms with Crippen molar-refractivity contribution in [3.05, 3.63) is 29.3 Å². The Bertz CT molecular complexity index is 771. The predicted molar refractivity (Wildman–Crippen MR) is 99.5 cm³/mol. The SMILES string of the molecule is CC(=O)NCCNC(=O)Nc1ccc2c(c1)C(=O)N(C1CCCCC1)C2=O. The molecule has 8 nitrogen and oxygen atoms in total. The third-order valence-electron chi connectivity index (χ3n) is 4.90. The van der Waals surface area contributed by atoms with Gasteiger partial charge in [-0.05, 0) is 31.0 Å². The number of nitrogens with zero attached hydrogens (tertiary/aromatic N) is 1. The van der Waals surface area contributed by atoms with Gasteiger partial charge >= 0.3 is 6.03 Å². The summed E-state index contributed by atoms with van der Waals surface area (Å²) in [5.74, 6) is -0.689. The van der Waals surface area contributed by atoms with Crippen molar-refractivity contribution >= 4 is 29.4 Å². The summed E-state index contributed by atoms with van der Waals surface area (Å²) in [5, 5.41) is 7.83. The highest BCUT2D eigenvalue weighted by Crippen LogP contribution is 2.32. The Kier molecular flexibility index (Phi) is 5.73. The Labute approximate surface area is 157 Å². The van der Waals surface area contributed by atoms with Crippen LogP contribution in [0, 0.1) is 0 Å². The fraction of sp³-hybridized carbons (Fsp3) is 0.474. The van der Waals surface area contributed by atoms with Gasteiger partial charge in [-0.15, -0.1) is 0 Å². The van der Waals surface area contributed by atoms with Gasteiger partial charge in [0.15, 0.2) is 0 Å². The van der Waals surface area contributed by atoms with E-state index in [1.807, 2.05) is 0 Å². The maximum Gasteiger partial charge on any atom is 0.319 e. The lowest BCUT2D eigenvalue weighted by atomic mass is 9.94. The van der Waals surface area contributed by atoms with Crippen LogP contribution < -0.4 is 16.0 Å². The van der Waals surface area contributed by atoms with Crippen molar-refractivity contribution in [2.75, 3.05) is 18.4 Å². The number of urea groups is 1. The van der Waals surface area contributed by atoms with Gasteiger partial charge in [0.1, 0.15) is 0 Å². The summed E-state index contributed by atoms with van der Waals surface area (Å²) < 4.78 is 0. The van der Waals surface area contributed by atoms with Crippen LogP contribution >= 0.6 is 0 Å². The fourth-order valence-electron chi connectivity index (χ4n) is 3.60. The molecule has 1 aromatic carbocycles. The summed E-state index contributed by atoms with van der Waals surface area (Å²) in [7, 11) is 0. The minimum absolute atomic E-state index is 0.0281. The summed E-state index contributed by atoms with van der Waals surface area (Å²) in [6.07, 6.45) is 4.92. The first-order chi connectivity index (χ1) is 13.0. The van der Waals surface area contributed by atoms with E-state index in [1.54, 1.807) is 18.2 Å². The second-order valence-corrected chi connectivity index (χ2v) is 6.90. The Hall–Kier alpha value is -2.90. The van der Waals surface area contributed by atoms with Gasteiger partial charge in [0.2, 0.25) is 5.91 Å². The molecule has 1 aliphatic heterocycles. The highest BCUT2D eigenvalue weighted by molar-refractivity contribution is 6.22. The molecule has 0 bridgehead atoms. The van der Waals surface area contributed by atoms with E-state index in [9.17, 15) is 19.2 Å². The van der Waals surface area contributed by atoms with Gasteiger partial charge < -0.3 is 16.0 Å². The smallest absolute Gasteiger partial charge is 0.319 e. The van der Waals surface area contributed by atoms with Gasteiger partial charge in [-0.25, -0.2) is 4.79 Å². The zero-order valence-corrected chi connectivity index (χ0v) is 15.3. The van der Waals surface area contributed by atoms with Gasteiger partial charge in [0, 0.05) is 31.7 Å². The van der Waals surface area contributed by atoms with Crippen molar-refractivity contribution in [2.45, 2.75) is 45.1 Å². The summed E-state index contributed by atoms with van der Waals surface area (Å²) in [5.41, 5.74) is 1.17. The number of anilines is 1. The predicted octanol–water partition coefficient (Wildman–Crippen LogP) is 1.87. The van der Waals surface area contributed by atoms with Crippen molar-refractivity contribution in [3.63, 3.8) is 0 Å². The summed E-state index contributed by atoms with van der Waals surface area (Å²) in [4.78, 5) is 49.5. The number of carbonyl (C=O) groups is 4. The van der Waals surface area contributed by atoms with Crippen LogP contribution in [0.15, 0.2) is 18.2 Å². The topological polar surface area (TPSA) is 108 Å². The average molecular weight is 372 g/mol. The zero-order valence-electron chi connectivity index (χ0n) is 15.3. The highest BCUT2D eigenvalue weighted by Gasteiger charge is 2.40. The van der Waals surface area contributed by atoms with Gasteiger partial charge in [0.05, 0.1) is 11.1 Å². The summed E-state index contributed by atoms with van der Waals surface area (Å²) >= 11 is 0. The van der Waals surface area contributed by atoms with Crippen molar-refractivity contribution < 1.29 is 19.2 Å². The van der Waals surface area contributed by atoms with Gasteiger partial charge in [-0.3, -0.25) is 19.3 Å². The van der Waals surface area contributed by atoms with Crippen LogP contribution in [-0.2, 0) is 4.79 Å². The Morgan fingerprint density at radius 1 is 1.00 bits per heavy atom. The largest absolute Gasteiger partial charge is 0.355 e. The monoisotopic (exact) mass is 372 g/mol. The number of fused-ring (bicyclic) bond motifs is 1. The molecule has 0 unspecified atom stereocenters. The standard InChI is InChI=1S/C19H24N4O4/c1-12(24)20-9-10-21-19(27)22-13-7-8-15-16(11-13)18(26)23(17(15)25)14-5-3-2-4-6-14/h7-8,11,14H,2-6,9-10H2,1H3,(H,20,24)(H2,21,22,27). The van der Waals surface area contributed by atoms with Crippen LogP contribution in [0.1, 0.15) is 59.7 Å². The van der Waals surface area contributed by atoms with Crippen LogP contribution in [0.4, 0.5) is 10.5 Å². The van der Waals surface area contributed by atoms with Gasteiger partial charge in [-0.1, -0.05) is 19.3 Å². The van der Waals surface area contributed by atoms with Crippen LogP contribution in [-0.4, -0.2) is 47.8 Å². The van der Waals surface area contributed by atoms with E-state index in [2.05, 4.69) is 16.0 Å². The Balaban J connectivity index is 1.63. The fourth-order valence-corrected chi connectivity index (χ4v) is 3.60. The van der Waals surface area contributed by atoms with E-state index in [4.69, 9.17) is 0 Å². The third kappa shape index (κ3) is 4.27. The quantitative estimate of drug-likeness (QED) is 0.542. The Morgan fingerprint density at radius 2 is 1.67 bits per heavy atom. The number of carbonyl (C=O) groups excluding carboxylic acids is 4. The third-order valence-corrected chi connectivity index (χ3v) is 4.90. The molecule has 2 aliphatic rings. The molecule has 0 aromatic heterocycles. The van der Waals surface area contributed by atoms with E-state index in [-0.39, 0.29) is 30.3 Å². The molecule has 3 rings (SSSR count). The van der Waals surface area contributed by atoms with Crippen LogP contribution in [0.2, 0.25) is 0 Å². The van der Waals surface area contributed by atoms with E-state index >= 15 is 0 Å². The second-order valence-electron chi connectivity index (χ2n) is 6.90. The molecule has 1 heterocycles. The molecule has 0 saturated heterocycles. The summed E-state index contributed by atoms with van der Waals surface area (Å²) in [6.45, 7) is 2.01. The number of imide groups is 1. The van der Waals surface area contributed by atoms with E-state index in [0.717, 1.165) is 32.1 Å². The molecule has 5 amide bonds. The lowest BCUT2D eigenvalue weighted by molar-refractivity contribution is -0.118. The molecule has 0 spiro atoms. The lowest BCUT2D eigenvalue weighted by Crippen LogP contribution is -2.40. The maximum absolute atomic E-state index is 12.8. The van der Waals surface area contributed by atoms with E-state index in [1.165, 1.54) is 11.8 Å². The number of rotatable bonds is 5. The van der Waals surface area contributed by atoms with Crippen molar-refractivity contribution in [3.8, 4) is 0 Å². The molecule has 27 heavy (non-hydrogen) atoms. The number of nitrogens with one attached hydrogen (secondary N) is 3. The van der Waals surface area contributed by atoms with Gasteiger partial charge in [-0.2, -0.15) is 0 Å². The van der Waals surface area contributed by atoms with E-state index in [0.29, 0.717) is 23.4 Å². The molecule has 1 aromatic rings. The molecule has 0 radical (unpaired) electrons. The highest BCUT2D eigenvalue weighted by atomic mass is 16.2. The second kappa shape index (κ2) is 8.20. The molecule has 0 atom stereocenters. The molecule has 1 aliphatic carbocycles. The average Bonchev–Trinajstić information content (AvgIpc) is 2.90. The summed E-state index contributed by atoms with van der Waals surface area (Å²) in [6, 6.07) is 4.28. The first-order valence-electron chi connectivity index (χ1n) is 9.28. The molecule has 144 valence electrons. The van der Waals surface area contributed by atoms with Gasteiger partial charge in [0.25, 0.3) is 11.8 Å². The zero-order chi connectivity index (χ0) is 19.4. The lowest BCUT2D eigenvalue weighted by Gasteiger charge is -2.29. The molecular weight excluding hydrogens is 348 g/mol. The molecular formula is C19H24N4O4. The minimum atomic E-state index is -0.443. The first kappa shape index (κ1) is 18.9. The minimum Gasteiger partial charge on any atom is -0.355 e. The number of benzene rings is 1. The number of amides is 5. The van der Waals surface area contributed by atoms with Crippen LogP contribution in [0.25, 0.3) is 0 Å². The normalized spacial score (nSPS) is 16.9. The van der Waals surface area contributed by atoms with Crippen molar-refractivity contribution in [1.82, 2.24) is 15.5 Å². The molecule has 3 N–H and O–H groups in total. The number of hydrogen-bond donors (Lipinski definition) is 3. The maximum atomic E-state index is 12.8. The molecule has 1 fully saturated rings. The number of hydrogen-bond acceptors (Lipinski definition) is 4. The van der Waals surface area contributed by atoms with Crippen molar-refractivity contribution in [2.24, 2.45) is 0 Å². The van der Waals surface area contributed by atoms with E-state index < -0.39 is 6.03 Å².